The second-order valence-electron chi connectivity index (χ2n) is 5.49. The maximum Gasteiger partial charge on any atom is 0.239 e. The van der Waals surface area contributed by atoms with Gasteiger partial charge in [0.25, 0.3) is 0 Å². The topological polar surface area (TPSA) is 77.7 Å². The first-order valence-corrected chi connectivity index (χ1v) is 7.56. The molecule has 3 heterocycles. The van der Waals surface area contributed by atoms with Gasteiger partial charge in [0.05, 0.1) is 19.8 Å². The van der Waals surface area contributed by atoms with Gasteiger partial charge in [-0.1, -0.05) is 12.1 Å². The van der Waals surface area contributed by atoms with E-state index in [1.165, 1.54) is 0 Å². The monoisotopic (exact) mass is 295 g/mol. The molecule has 0 bridgehead atoms. The predicted octanol–water partition coefficient (Wildman–Crippen LogP) is 0.926. The number of hydrogen-bond donors (Lipinski definition) is 0. The summed E-state index contributed by atoms with van der Waals surface area (Å²) >= 11 is 0. The lowest BCUT2D eigenvalue weighted by Gasteiger charge is -2.30. The SMILES string of the molecule is CCCN1CCOC(c2noc(C3COCCC3=O)n2)C1. The van der Waals surface area contributed by atoms with Crippen LogP contribution in [0.25, 0.3) is 0 Å². The highest BCUT2D eigenvalue weighted by molar-refractivity contribution is 5.85. The second-order valence-corrected chi connectivity index (χ2v) is 5.49. The number of hydrogen-bond acceptors (Lipinski definition) is 7. The van der Waals surface area contributed by atoms with E-state index in [0.29, 0.717) is 38.0 Å². The zero-order chi connectivity index (χ0) is 14.7. The Balaban J connectivity index is 1.68. The van der Waals surface area contributed by atoms with Crippen molar-refractivity contribution >= 4 is 5.78 Å². The van der Waals surface area contributed by atoms with Gasteiger partial charge in [-0.3, -0.25) is 9.69 Å². The number of rotatable bonds is 4. The lowest BCUT2D eigenvalue weighted by atomic mass is 10.0. The lowest BCUT2D eigenvalue weighted by molar-refractivity contribution is -0.127. The molecule has 2 aliphatic rings. The number of carbonyl (C=O) groups is 1. The third-order valence-electron chi connectivity index (χ3n) is 3.90. The van der Waals surface area contributed by atoms with Crippen molar-refractivity contribution in [3.63, 3.8) is 0 Å². The number of nitrogens with zero attached hydrogens (tertiary/aromatic N) is 3. The molecule has 7 heteroatoms. The highest BCUT2D eigenvalue weighted by Crippen LogP contribution is 2.25. The van der Waals surface area contributed by atoms with E-state index >= 15 is 0 Å². The summed E-state index contributed by atoms with van der Waals surface area (Å²) in [4.78, 5) is 18.6. The Morgan fingerprint density at radius 1 is 1.38 bits per heavy atom. The van der Waals surface area contributed by atoms with Crippen molar-refractivity contribution in [2.75, 3.05) is 39.5 Å². The summed E-state index contributed by atoms with van der Waals surface area (Å²) in [5.74, 6) is 0.569. The van der Waals surface area contributed by atoms with Gasteiger partial charge in [0, 0.05) is 19.5 Å². The zero-order valence-corrected chi connectivity index (χ0v) is 12.3. The Hall–Kier alpha value is -1.31. The van der Waals surface area contributed by atoms with Gasteiger partial charge in [-0.05, 0) is 13.0 Å². The lowest BCUT2D eigenvalue weighted by Crippen LogP contribution is -2.39. The number of ether oxygens (including phenoxy) is 2. The van der Waals surface area contributed by atoms with Crippen LogP contribution in [0.3, 0.4) is 0 Å². The summed E-state index contributed by atoms with van der Waals surface area (Å²) < 4.78 is 16.3. The fourth-order valence-corrected chi connectivity index (χ4v) is 2.75. The first kappa shape index (κ1) is 14.6. The molecule has 2 unspecified atom stereocenters. The van der Waals surface area contributed by atoms with Crippen molar-refractivity contribution in [3.05, 3.63) is 11.7 Å². The van der Waals surface area contributed by atoms with Crippen LogP contribution in [0.1, 0.15) is 43.5 Å². The van der Waals surface area contributed by atoms with Gasteiger partial charge in [0.2, 0.25) is 11.7 Å². The molecule has 3 rings (SSSR count). The summed E-state index contributed by atoms with van der Waals surface area (Å²) in [6.45, 7) is 6.37. The van der Waals surface area contributed by atoms with Crippen LogP contribution in [0.15, 0.2) is 4.52 Å². The summed E-state index contributed by atoms with van der Waals surface area (Å²) in [7, 11) is 0. The number of carbonyl (C=O) groups excluding carboxylic acids is 1. The van der Waals surface area contributed by atoms with Gasteiger partial charge in [-0.15, -0.1) is 0 Å². The van der Waals surface area contributed by atoms with Gasteiger partial charge in [-0.25, -0.2) is 0 Å². The molecule has 0 spiro atoms. The van der Waals surface area contributed by atoms with Crippen LogP contribution in [0, 0.1) is 0 Å². The Morgan fingerprint density at radius 3 is 3.10 bits per heavy atom. The van der Waals surface area contributed by atoms with Gasteiger partial charge in [0.15, 0.2) is 0 Å². The van der Waals surface area contributed by atoms with Crippen LogP contribution in [0.4, 0.5) is 0 Å². The molecule has 0 radical (unpaired) electrons. The molecule has 0 aromatic carbocycles. The molecule has 7 nitrogen and oxygen atoms in total. The fourth-order valence-electron chi connectivity index (χ4n) is 2.75. The van der Waals surface area contributed by atoms with Crippen molar-refractivity contribution in [1.82, 2.24) is 15.0 Å². The average Bonchev–Trinajstić information content (AvgIpc) is 2.98. The smallest absolute Gasteiger partial charge is 0.239 e. The zero-order valence-electron chi connectivity index (χ0n) is 12.3. The van der Waals surface area contributed by atoms with Crippen LogP contribution in [-0.2, 0) is 14.3 Å². The van der Waals surface area contributed by atoms with Crippen LogP contribution < -0.4 is 0 Å². The Morgan fingerprint density at radius 2 is 2.29 bits per heavy atom. The molecule has 2 atom stereocenters. The number of aromatic nitrogens is 2. The minimum Gasteiger partial charge on any atom is -0.380 e. The largest absolute Gasteiger partial charge is 0.380 e. The molecule has 2 saturated heterocycles. The Labute approximate surface area is 123 Å². The van der Waals surface area contributed by atoms with E-state index in [1.807, 2.05) is 0 Å². The first-order valence-electron chi connectivity index (χ1n) is 7.56. The number of morpholine rings is 1. The molecule has 2 aliphatic heterocycles. The molecule has 21 heavy (non-hydrogen) atoms. The van der Waals surface area contributed by atoms with Crippen molar-refractivity contribution < 1.29 is 18.8 Å². The van der Waals surface area contributed by atoms with Crippen LogP contribution in [0.2, 0.25) is 0 Å². The van der Waals surface area contributed by atoms with Crippen LogP contribution in [0.5, 0.6) is 0 Å². The molecule has 0 aliphatic carbocycles. The standard InChI is InChI=1S/C14H21N3O4/c1-2-4-17-5-7-20-12(8-17)13-15-14(21-16-13)10-9-19-6-3-11(10)18/h10,12H,2-9H2,1H3. The minimum absolute atomic E-state index is 0.105. The highest BCUT2D eigenvalue weighted by Gasteiger charge is 2.32. The molecule has 1 aromatic heterocycles. The van der Waals surface area contributed by atoms with Crippen molar-refractivity contribution in [2.45, 2.75) is 31.8 Å². The molecule has 0 saturated carbocycles. The number of Topliss-reactive ketones (excluding diaryl/α,β-unsaturated/α-hetero) is 1. The summed E-state index contributed by atoms with van der Waals surface area (Å²) in [5, 5.41) is 4.00. The first-order chi connectivity index (χ1) is 10.3. The molecule has 0 amide bonds. The summed E-state index contributed by atoms with van der Waals surface area (Å²) in [6.07, 6.45) is 1.34. The predicted molar refractivity (Wildman–Crippen MR) is 72.9 cm³/mol. The Kier molecular flexibility index (Phi) is 4.62. The van der Waals surface area contributed by atoms with E-state index < -0.39 is 5.92 Å². The van der Waals surface area contributed by atoms with Gasteiger partial charge < -0.3 is 14.0 Å². The maximum absolute atomic E-state index is 11.9. The maximum atomic E-state index is 11.9. The summed E-state index contributed by atoms with van der Waals surface area (Å²) in [5.41, 5.74) is 0. The normalized spacial score (nSPS) is 28.0. The van der Waals surface area contributed by atoms with Crippen LogP contribution >= 0.6 is 0 Å². The molecule has 116 valence electrons. The van der Waals surface area contributed by atoms with E-state index in [2.05, 4.69) is 22.0 Å². The molecular weight excluding hydrogens is 274 g/mol. The molecular formula is C14H21N3O4. The van der Waals surface area contributed by atoms with Crippen molar-refractivity contribution in [2.24, 2.45) is 0 Å². The van der Waals surface area contributed by atoms with Gasteiger partial charge in [0.1, 0.15) is 17.8 Å². The van der Waals surface area contributed by atoms with Gasteiger partial charge in [-0.2, -0.15) is 4.98 Å². The highest BCUT2D eigenvalue weighted by atomic mass is 16.5. The van der Waals surface area contributed by atoms with E-state index in [-0.39, 0.29) is 11.9 Å². The minimum atomic E-state index is -0.421. The van der Waals surface area contributed by atoms with Crippen molar-refractivity contribution in [1.29, 1.82) is 0 Å². The molecule has 2 fully saturated rings. The Bertz CT molecular complexity index is 488. The molecule has 1 aromatic rings. The van der Waals surface area contributed by atoms with E-state index in [4.69, 9.17) is 14.0 Å². The third-order valence-corrected chi connectivity index (χ3v) is 3.90. The van der Waals surface area contributed by atoms with Gasteiger partial charge >= 0.3 is 0 Å². The van der Waals surface area contributed by atoms with Crippen LogP contribution in [-0.4, -0.2) is 60.3 Å². The quantitative estimate of drug-likeness (QED) is 0.817. The number of ketones is 1. The summed E-state index contributed by atoms with van der Waals surface area (Å²) in [6, 6.07) is 0. The average molecular weight is 295 g/mol. The molecule has 0 N–H and O–H groups in total. The third kappa shape index (κ3) is 3.30. The van der Waals surface area contributed by atoms with E-state index in [9.17, 15) is 4.79 Å². The van der Waals surface area contributed by atoms with E-state index in [0.717, 1.165) is 26.1 Å². The van der Waals surface area contributed by atoms with E-state index in [1.54, 1.807) is 0 Å². The van der Waals surface area contributed by atoms with Crippen molar-refractivity contribution in [3.8, 4) is 0 Å². The second kappa shape index (κ2) is 6.64. The fraction of sp³-hybridized carbons (Fsp3) is 0.786.